The zero-order chi connectivity index (χ0) is 19.4. The summed E-state index contributed by atoms with van der Waals surface area (Å²) in [6.45, 7) is 2.10. The van der Waals surface area contributed by atoms with Gasteiger partial charge < -0.3 is 5.32 Å². The molecule has 0 saturated carbocycles. The lowest BCUT2D eigenvalue weighted by atomic mass is 10.1. The van der Waals surface area contributed by atoms with Crippen LogP contribution in [0.2, 0.25) is 0 Å². The van der Waals surface area contributed by atoms with Crippen molar-refractivity contribution >= 4 is 32.5 Å². The monoisotopic (exact) mass is 383 g/mol. The van der Waals surface area contributed by atoms with E-state index < -0.39 is 10.1 Å². The van der Waals surface area contributed by atoms with E-state index in [-0.39, 0.29) is 10.8 Å². The second-order valence-corrected chi connectivity index (χ2v) is 7.86. The smallest absolute Gasteiger partial charge is 0.297 e. The van der Waals surface area contributed by atoms with E-state index in [2.05, 4.69) is 16.4 Å². The molecule has 6 heteroatoms. The molecule has 1 amide bonds. The summed E-state index contributed by atoms with van der Waals surface area (Å²) in [7, 11) is -2.79. The molecule has 0 aliphatic heterocycles. The van der Waals surface area contributed by atoms with Crippen molar-refractivity contribution in [1.82, 2.24) is 0 Å². The Labute approximate surface area is 159 Å². The number of fused-ring (bicyclic) bond motifs is 1. The van der Waals surface area contributed by atoms with Crippen molar-refractivity contribution in [3.8, 4) is 0 Å². The lowest BCUT2D eigenvalue weighted by Crippen LogP contribution is -2.13. The van der Waals surface area contributed by atoms with E-state index in [9.17, 15) is 13.2 Å². The number of rotatable bonds is 6. The van der Waals surface area contributed by atoms with E-state index in [4.69, 9.17) is 0 Å². The van der Waals surface area contributed by atoms with Crippen LogP contribution in [-0.2, 0) is 20.7 Å². The fourth-order valence-corrected chi connectivity index (χ4v) is 3.92. The topological polar surface area (TPSA) is 72.5 Å². The first-order chi connectivity index (χ1) is 13.0. The van der Waals surface area contributed by atoms with E-state index in [0.717, 1.165) is 20.0 Å². The van der Waals surface area contributed by atoms with Gasteiger partial charge >= 0.3 is 0 Å². The third-order valence-corrected chi connectivity index (χ3v) is 5.68. The number of amides is 1. The standard InChI is InChI=1S/C21H21NO4S/c1-3-6-15-11-13-17(14-12-15)21(23)22-18-9-4-7-16-8-5-10-19(20(16)18)27(24,25)26-2/h4-5,7-14H,3,6H2,1-2H3,(H,22,23). The van der Waals surface area contributed by atoms with Gasteiger partial charge in [-0.3, -0.25) is 8.98 Å². The summed E-state index contributed by atoms with van der Waals surface area (Å²) in [5, 5.41) is 3.96. The van der Waals surface area contributed by atoms with E-state index in [0.29, 0.717) is 22.0 Å². The van der Waals surface area contributed by atoms with Gasteiger partial charge in [0.15, 0.2) is 0 Å². The molecule has 0 aliphatic rings. The summed E-state index contributed by atoms with van der Waals surface area (Å²) < 4.78 is 29.2. The van der Waals surface area contributed by atoms with Crippen LogP contribution < -0.4 is 5.32 Å². The Morgan fingerprint density at radius 1 is 1.00 bits per heavy atom. The molecule has 1 N–H and O–H groups in total. The molecule has 0 spiro atoms. The Morgan fingerprint density at radius 3 is 2.30 bits per heavy atom. The largest absolute Gasteiger partial charge is 0.321 e. The Kier molecular flexibility index (Phi) is 5.58. The summed E-state index contributed by atoms with van der Waals surface area (Å²) in [5.74, 6) is -0.296. The Balaban J connectivity index is 2.01. The molecule has 140 valence electrons. The number of hydrogen-bond donors (Lipinski definition) is 1. The normalized spacial score (nSPS) is 11.5. The van der Waals surface area contributed by atoms with Crippen LogP contribution in [0.15, 0.2) is 65.6 Å². The maximum absolute atomic E-state index is 12.7. The van der Waals surface area contributed by atoms with E-state index in [1.807, 2.05) is 12.1 Å². The molecule has 0 heterocycles. The minimum Gasteiger partial charge on any atom is -0.321 e. The molecule has 0 unspecified atom stereocenters. The van der Waals surface area contributed by atoms with Gasteiger partial charge in [-0.25, -0.2) is 0 Å². The summed E-state index contributed by atoms with van der Waals surface area (Å²) in [5.41, 5.74) is 2.11. The number of aryl methyl sites for hydroxylation is 1. The number of hydrogen-bond acceptors (Lipinski definition) is 4. The van der Waals surface area contributed by atoms with Crippen LogP contribution in [0, 0.1) is 0 Å². The van der Waals surface area contributed by atoms with Gasteiger partial charge in [-0.1, -0.05) is 49.7 Å². The lowest BCUT2D eigenvalue weighted by molar-refractivity contribution is 0.102. The van der Waals surface area contributed by atoms with E-state index >= 15 is 0 Å². The molecule has 27 heavy (non-hydrogen) atoms. The van der Waals surface area contributed by atoms with Crippen LogP contribution in [0.4, 0.5) is 5.69 Å². The van der Waals surface area contributed by atoms with Gasteiger partial charge in [-0.15, -0.1) is 0 Å². The average Bonchev–Trinajstić information content (AvgIpc) is 2.68. The predicted octanol–water partition coefficient (Wildman–Crippen LogP) is 4.38. The van der Waals surface area contributed by atoms with Crippen molar-refractivity contribution in [2.45, 2.75) is 24.7 Å². The highest BCUT2D eigenvalue weighted by Gasteiger charge is 2.19. The number of carbonyl (C=O) groups is 1. The molecule has 3 aromatic carbocycles. The van der Waals surface area contributed by atoms with Crippen molar-refractivity contribution in [2.24, 2.45) is 0 Å². The van der Waals surface area contributed by atoms with Gasteiger partial charge in [0, 0.05) is 10.9 Å². The molecule has 0 saturated heterocycles. The summed E-state index contributed by atoms with van der Waals surface area (Å²) in [6, 6.07) is 17.6. The van der Waals surface area contributed by atoms with E-state index in [1.165, 1.54) is 11.6 Å². The highest BCUT2D eigenvalue weighted by molar-refractivity contribution is 7.87. The number of nitrogens with one attached hydrogen (secondary N) is 1. The second-order valence-electron chi connectivity index (χ2n) is 6.18. The van der Waals surface area contributed by atoms with Gasteiger partial charge in [0.05, 0.1) is 12.8 Å². The molecule has 0 atom stereocenters. The lowest BCUT2D eigenvalue weighted by Gasteiger charge is -2.12. The fraction of sp³-hybridized carbons (Fsp3) is 0.190. The quantitative estimate of drug-likeness (QED) is 0.641. The zero-order valence-corrected chi connectivity index (χ0v) is 16.0. The van der Waals surface area contributed by atoms with Crippen LogP contribution in [0.5, 0.6) is 0 Å². The molecule has 3 aromatic rings. The molecular formula is C21H21NO4S. The Hall–Kier alpha value is -2.70. The van der Waals surface area contributed by atoms with Crippen molar-refractivity contribution in [3.05, 3.63) is 71.8 Å². The SMILES string of the molecule is CCCc1ccc(C(=O)Nc2cccc3cccc(S(=O)(=O)OC)c23)cc1. The highest BCUT2D eigenvalue weighted by atomic mass is 32.2. The highest BCUT2D eigenvalue weighted by Crippen LogP contribution is 2.31. The van der Waals surface area contributed by atoms with Crippen LogP contribution in [0.25, 0.3) is 10.8 Å². The number of anilines is 1. The first kappa shape index (κ1) is 19.1. The number of carbonyl (C=O) groups excluding carboxylic acids is 1. The molecular weight excluding hydrogens is 362 g/mol. The van der Waals surface area contributed by atoms with Crippen LogP contribution >= 0.6 is 0 Å². The predicted molar refractivity (Wildman–Crippen MR) is 107 cm³/mol. The zero-order valence-electron chi connectivity index (χ0n) is 15.2. The van der Waals surface area contributed by atoms with Crippen LogP contribution in [0.3, 0.4) is 0 Å². The average molecular weight is 383 g/mol. The fourth-order valence-electron chi connectivity index (χ4n) is 3.01. The molecule has 0 radical (unpaired) electrons. The van der Waals surface area contributed by atoms with Gasteiger partial charge in [0.25, 0.3) is 16.0 Å². The molecule has 3 rings (SSSR count). The summed E-state index contributed by atoms with van der Waals surface area (Å²) >= 11 is 0. The number of benzene rings is 3. The van der Waals surface area contributed by atoms with E-state index in [1.54, 1.807) is 42.5 Å². The molecule has 0 aliphatic carbocycles. The van der Waals surface area contributed by atoms with Crippen molar-refractivity contribution in [1.29, 1.82) is 0 Å². The first-order valence-electron chi connectivity index (χ1n) is 8.69. The molecule has 0 fully saturated rings. The third-order valence-electron chi connectivity index (χ3n) is 4.36. The van der Waals surface area contributed by atoms with Gasteiger partial charge in [0.1, 0.15) is 4.90 Å². The van der Waals surface area contributed by atoms with Gasteiger partial charge in [0.2, 0.25) is 0 Å². The maximum Gasteiger partial charge on any atom is 0.297 e. The maximum atomic E-state index is 12.7. The van der Waals surface area contributed by atoms with Crippen molar-refractivity contribution in [2.75, 3.05) is 12.4 Å². The first-order valence-corrected chi connectivity index (χ1v) is 10.1. The van der Waals surface area contributed by atoms with Gasteiger partial charge in [-0.2, -0.15) is 8.42 Å². The Morgan fingerprint density at radius 2 is 1.67 bits per heavy atom. The van der Waals surface area contributed by atoms with Crippen LogP contribution in [0.1, 0.15) is 29.3 Å². The van der Waals surface area contributed by atoms with Crippen molar-refractivity contribution < 1.29 is 17.4 Å². The second kappa shape index (κ2) is 7.90. The summed E-state index contributed by atoms with van der Waals surface area (Å²) in [4.78, 5) is 12.7. The Bertz CT molecular complexity index is 1070. The molecule has 0 aromatic heterocycles. The summed E-state index contributed by atoms with van der Waals surface area (Å²) in [6.07, 6.45) is 2.00. The minimum atomic E-state index is -3.91. The van der Waals surface area contributed by atoms with Crippen LogP contribution in [-0.4, -0.2) is 21.4 Å². The third kappa shape index (κ3) is 4.02. The molecule has 0 bridgehead atoms. The van der Waals surface area contributed by atoms with Crippen molar-refractivity contribution in [3.63, 3.8) is 0 Å². The minimum absolute atomic E-state index is 0.0247. The van der Waals surface area contributed by atoms with Gasteiger partial charge in [-0.05, 0) is 41.6 Å². The molecule has 5 nitrogen and oxygen atoms in total.